The van der Waals surface area contributed by atoms with Crippen LogP contribution in [0.4, 0.5) is 4.79 Å². The molecule has 1 aliphatic heterocycles. The maximum absolute atomic E-state index is 12.7. The van der Waals surface area contributed by atoms with Crippen LogP contribution in [0.2, 0.25) is 0 Å². The first-order valence-electron chi connectivity index (χ1n) is 8.75. The molecule has 0 bridgehead atoms. The number of benzene rings is 2. The van der Waals surface area contributed by atoms with E-state index in [9.17, 15) is 14.4 Å². The van der Waals surface area contributed by atoms with E-state index in [4.69, 9.17) is 9.47 Å². The Morgan fingerprint density at radius 3 is 2.50 bits per heavy atom. The number of para-hydroxylation sites is 1. The smallest absolute Gasteiger partial charge is 0.339 e. The first kappa shape index (κ1) is 19.2. The highest BCUT2D eigenvalue weighted by Gasteiger charge is 2.27. The third kappa shape index (κ3) is 4.37. The summed E-state index contributed by atoms with van der Waals surface area (Å²) >= 11 is 0. The molecule has 0 atom stereocenters. The number of rotatable bonds is 6. The second-order valence-electron chi connectivity index (χ2n) is 6.02. The lowest BCUT2D eigenvalue weighted by molar-refractivity contribution is -0.145. The van der Waals surface area contributed by atoms with Gasteiger partial charge in [-0.3, -0.25) is 9.69 Å². The van der Waals surface area contributed by atoms with Crippen LogP contribution in [-0.4, -0.2) is 49.6 Å². The Balaban J connectivity index is 1.83. The summed E-state index contributed by atoms with van der Waals surface area (Å²) in [6.07, 6.45) is 1.66. The fourth-order valence-corrected chi connectivity index (χ4v) is 2.81. The molecular weight excluding hydrogens is 360 g/mol. The Labute approximate surface area is 162 Å². The molecule has 0 aliphatic carbocycles. The van der Waals surface area contributed by atoms with Crippen LogP contribution in [0.3, 0.4) is 0 Å². The van der Waals surface area contributed by atoms with Gasteiger partial charge >= 0.3 is 12.0 Å². The van der Waals surface area contributed by atoms with Crippen molar-refractivity contribution in [1.82, 2.24) is 10.2 Å². The molecule has 7 heteroatoms. The van der Waals surface area contributed by atoms with Crippen molar-refractivity contribution in [3.8, 4) is 5.75 Å². The summed E-state index contributed by atoms with van der Waals surface area (Å²) < 4.78 is 10.5. The van der Waals surface area contributed by atoms with Gasteiger partial charge in [-0.25, -0.2) is 9.59 Å². The lowest BCUT2D eigenvalue weighted by Crippen LogP contribution is -2.37. The van der Waals surface area contributed by atoms with Gasteiger partial charge in [0.2, 0.25) is 0 Å². The van der Waals surface area contributed by atoms with Crippen LogP contribution in [0.1, 0.15) is 11.1 Å². The number of hydrogen-bond donors (Lipinski definition) is 1. The van der Waals surface area contributed by atoms with Gasteiger partial charge in [0.15, 0.2) is 6.61 Å². The second-order valence-corrected chi connectivity index (χ2v) is 6.02. The van der Waals surface area contributed by atoms with Crippen LogP contribution in [0.25, 0.3) is 11.6 Å². The Hall–Kier alpha value is -3.61. The predicted molar refractivity (Wildman–Crippen MR) is 103 cm³/mol. The zero-order chi connectivity index (χ0) is 19.9. The van der Waals surface area contributed by atoms with E-state index in [1.54, 1.807) is 43.5 Å². The summed E-state index contributed by atoms with van der Waals surface area (Å²) in [6, 6.07) is 15.8. The Kier molecular flexibility index (Phi) is 6.06. The third-order valence-electron chi connectivity index (χ3n) is 4.23. The molecule has 2 aromatic rings. The highest BCUT2D eigenvalue weighted by molar-refractivity contribution is 6.22. The fraction of sp³-hybridized carbons (Fsp3) is 0.190. The van der Waals surface area contributed by atoms with Crippen LogP contribution >= 0.6 is 0 Å². The van der Waals surface area contributed by atoms with Crippen LogP contribution in [0, 0.1) is 0 Å². The summed E-state index contributed by atoms with van der Waals surface area (Å²) in [6.45, 7) is 0.141. The minimum Gasteiger partial charge on any atom is -0.496 e. The van der Waals surface area contributed by atoms with E-state index in [2.05, 4.69) is 5.32 Å². The van der Waals surface area contributed by atoms with Gasteiger partial charge in [-0.1, -0.05) is 48.5 Å². The monoisotopic (exact) mass is 380 g/mol. The lowest BCUT2D eigenvalue weighted by Gasteiger charge is -2.13. The highest BCUT2D eigenvalue weighted by Crippen LogP contribution is 2.25. The average molecular weight is 380 g/mol. The molecule has 0 radical (unpaired) electrons. The average Bonchev–Trinajstić information content (AvgIpc) is 3.17. The molecule has 144 valence electrons. The summed E-state index contributed by atoms with van der Waals surface area (Å²) in [5, 5.41) is 2.53. The highest BCUT2D eigenvalue weighted by atomic mass is 16.5. The van der Waals surface area contributed by atoms with Crippen molar-refractivity contribution in [2.45, 2.75) is 0 Å². The Morgan fingerprint density at radius 1 is 1.11 bits per heavy atom. The standard InChI is InChI=1S/C21H20N2O5/c1-27-18-10-6-5-9-16(18)13-17(15-7-3-2-4-8-15)20(25)28-14-19(24)23-12-11-22-21(23)26/h2-10,13H,11-12,14H2,1H3,(H,22,26)/b17-13+. The number of carbonyl (C=O) groups is 3. The van der Waals surface area contributed by atoms with Crippen molar-refractivity contribution < 1.29 is 23.9 Å². The summed E-state index contributed by atoms with van der Waals surface area (Å²) in [7, 11) is 1.55. The van der Waals surface area contributed by atoms with Crippen molar-refractivity contribution in [2.24, 2.45) is 0 Å². The van der Waals surface area contributed by atoms with E-state index in [0.29, 0.717) is 23.4 Å². The van der Waals surface area contributed by atoms with Crippen molar-refractivity contribution in [1.29, 1.82) is 0 Å². The Morgan fingerprint density at radius 2 is 1.82 bits per heavy atom. The van der Waals surface area contributed by atoms with E-state index in [1.807, 2.05) is 24.3 Å². The molecule has 7 nitrogen and oxygen atoms in total. The minimum atomic E-state index is -0.662. The lowest BCUT2D eigenvalue weighted by atomic mass is 10.0. The number of hydrogen-bond acceptors (Lipinski definition) is 5. The molecule has 0 aromatic heterocycles. The van der Waals surface area contributed by atoms with E-state index < -0.39 is 24.5 Å². The van der Waals surface area contributed by atoms with Crippen molar-refractivity contribution >= 4 is 29.6 Å². The van der Waals surface area contributed by atoms with Crippen molar-refractivity contribution in [3.63, 3.8) is 0 Å². The zero-order valence-corrected chi connectivity index (χ0v) is 15.4. The summed E-state index contributed by atoms with van der Waals surface area (Å²) in [4.78, 5) is 37.5. The van der Waals surface area contributed by atoms with Crippen LogP contribution in [-0.2, 0) is 14.3 Å². The number of imide groups is 1. The Bertz CT molecular complexity index is 908. The maximum atomic E-state index is 12.7. The van der Waals surface area contributed by atoms with E-state index in [0.717, 1.165) is 4.90 Å². The molecule has 1 N–H and O–H groups in total. The van der Waals surface area contributed by atoms with Gasteiger partial charge in [0.05, 0.1) is 12.7 Å². The molecule has 0 saturated carbocycles. The second kappa shape index (κ2) is 8.85. The summed E-state index contributed by atoms with van der Waals surface area (Å²) in [5.41, 5.74) is 1.62. The normalized spacial score (nSPS) is 13.8. The summed E-state index contributed by atoms with van der Waals surface area (Å²) in [5.74, 6) is -0.619. The first-order chi connectivity index (χ1) is 13.6. The molecule has 28 heavy (non-hydrogen) atoms. The first-order valence-corrected chi connectivity index (χ1v) is 8.75. The van der Waals surface area contributed by atoms with Gasteiger partial charge in [-0.2, -0.15) is 0 Å². The fourth-order valence-electron chi connectivity index (χ4n) is 2.81. The number of carbonyl (C=O) groups excluding carboxylic acids is 3. The molecule has 1 saturated heterocycles. The van der Waals surface area contributed by atoms with Gasteiger partial charge in [0.25, 0.3) is 5.91 Å². The van der Waals surface area contributed by atoms with Gasteiger partial charge in [-0.05, 0) is 17.7 Å². The molecule has 3 rings (SSSR count). The molecule has 0 unspecified atom stereocenters. The van der Waals surface area contributed by atoms with Crippen LogP contribution in [0.15, 0.2) is 54.6 Å². The van der Waals surface area contributed by atoms with E-state index >= 15 is 0 Å². The minimum absolute atomic E-state index is 0.262. The van der Waals surface area contributed by atoms with Gasteiger partial charge < -0.3 is 14.8 Å². The SMILES string of the molecule is COc1ccccc1/C=C(/C(=O)OCC(=O)N1CCNC1=O)c1ccccc1. The molecule has 2 aromatic carbocycles. The molecule has 1 heterocycles. The van der Waals surface area contributed by atoms with Gasteiger partial charge in [-0.15, -0.1) is 0 Å². The number of nitrogens with zero attached hydrogens (tertiary/aromatic N) is 1. The van der Waals surface area contributed by atoms with E-state index in [1.165, 1.54) is 0 Å². The molecule has 1 fully saturated rings. The quantitative estimate of drug-likeness (QED) is 0.472. The van der Waals surface area contributed by atoms with Crippen molar-refractivity contribution in [2.75, 3.05) is 26.8 Å². The molecular formula is C21H20N2O5. The van der Waals surface area contributed by atoms with Crippen LogP contribution < -0.4 is 10.1 Å². The topological polar surface area (TPSA) is 84.9 Å². The maximum Gasteiger partial charge on any atom is 0.339 e. The third-order valence-corrected chi connectivity index (χ3v) is 4.23. The van der Waals surface area contributed by atoms with E-state index in [-0.39, 0.29) is 12.1 Å². The number of ether oxygens (including phenoxy) is 2. The number of nitrogens with one attached hydrogen (secondary N) is 1. The molecule has 3 amide bonds. The van der Waals surface area contributed by atoms with Crippen LogP contribution in [0.5, 0.6) is 5.75 Å². The van der Waals surface area contributed by atoms with Crippen molar-refractivity contribution in [3.05, 3.63) is 65.7 Å². The zero-order valence-electron chi connectivity index (χ0n) is 15.4. The number of methoxy groups -OCH3 is 1. The number of urea groups is 1. The van der Waals surface area contributed by atoms with Gasteiger partial charge in [0, 0.05) is 18.7 Å². The van der Waals surface area contributed by atoms with Gasteiger partial charge in [0.1, 0.15) is 5.75 Å². The predicted octanol–water partition coefficient (Wildman–Crippen LogP) is 2.33. The molecule has 1 aliphatic rings. The number of esters is 1. The number of amides is 3. The molecule has 0 spiro atoms. The largest absolute Gasteiger partial charge is 0.496 e.